The number of benzene rings is 2. The Morgan fingerprint density at radius 1 is 0.973 bits per heavy atom. The number of rotatable bonds is 13. The van der Waals surface area contributed by atoms with Crippen molar-refractivity contribution in [2.75, 3.05) is 33.9 Å². The van der Waals surface area contributed by atoms with Gasteiger partial charge in [-0.3, -0.25) is 9.78 Å². The Kier molecular flexibility index (Phi) is 9.78. The first-order valence-corrected chi connectivity index (χ1v) is 13.5. The van der Waals surface area contributed by atoms with E-state index in [0.29, 0.717) is 11.8 Å². The molecule has 1 N–H and O–H groups in total. The van der Waals surface area contributed by atoms with E-state index in [1.54, 1.807) is 14.2 Å². The molecule has 0 bridgehead atoms. The minimum absolute atomic E-state index is 0.260. The average Bonchev–Trinajstić information content (AvgIpc) is 2.93. The maximum atomic E-state index is 11.3. The molecule has 2 aromatic carbocycles. The van der Waals surface area contributed by atoms with Gasteiger partial charge in [0.15, 0.2) is 0 Å². The number of aryl methyl sites for hydroxylation is 2. The van der Waals surface area contributed by atoms with E-state index < -0.39 is 5.97 Å². The predicted octanol–water partition coefficient (Wildman–Crippen LogP) is 6.01. The Bertz CT molecular complexity index is 1150. The molecule has 1 aliphatic heterocycles. The lowest BCUT2D eigenvalue weighted by Gasteiger charge is -2.39. The molecule has 1 fully saturated rings. The third-order valence-electron chi connectivity index (χ3n) is 7.86. The summed E-state index contributed by atoms with van der Waals surface area (Å²) in [6.07, 6.45) is 9.47. The number of hydrogen-bond acceptors (Lipinski definition) is 5. The van der Waals surface area contributed by atoms with Crippen LogP contribution in [0, 0.1) is 11.8 Å². The molecule has 1 aliphatic rings. The van der Waals surface area contributed by atoms with Crippen LogP contribution in [0.15, 0.2) is 54.7 Å². The number of methoxy groups -OCH3 is 2. The number of aliphatic carboxylic acids is 1. The fraction of sp³-hybridized carbons (Fsp3) is 0.484. The summed E-state index contributed by atoms with van der Waals surface area (Å²) in [5, 5.41) is 10.5. The van der Waals surface area contributed by atoms with Crippen molar-refractivity contribution in [1.29, 1.82) is 0 Å². The minimum atomic E-state index is -0.687. The number of ether oxygens (including phenoxy) is 2. The van der Waals surface area contributed by atoms with E-state index in [4.69, 9.17) is 9.47 Å². The molecule has 0 amide bonds. The summed E-state index contributed by atoms with van der Waals surface area (Å²) in [5.41, 5.74) is 3.64. The van der Waals surface area contributed by atoms with Gasteiger partial charge in [-0.05, 0) is 117 Å². The van der Waals surface area contributed by atoms with Crippen LogP contribution in [0.4, 0.5) is 0 Å². The van der Waals surface area contributed by atoms with Crippen molar-refractivity contribution in [2.24, 2.45) is 11.8 Å². The van der Waals surface area contributed by atoms with Gasteiger partial charge in [-0.2, -0.15) is 0 Å². The maximum Gasteiger partial charge on any atom is 0.303 e. The molecule has 4 rings (SSSR count). The lowest BCUT2D eigenvalue weighted by Crippen LogP contribution is -2.41. The van der Waals surface area contributed by atoms with E-state index in [1.807, 2.05) is 30.5 Å². The quantitative estimate of drug-likeness (QED) is 0.307. The average molecular weight is 505 g/mol. The largest absolute Gasteiger partial charge is 0.497 e. The van der Waals surface area contributed by atoms with Crippen molar-refractivity contribution in [3.63, 3.8) is 0 Å². The zero-order valence-electron chi connectivity index (χ0n) is 22.2. The Hall–Kier alpha value is -3.12. The van der Waals surface area contributed by atoms with E-state index in [-0.39, 0.29) is 6.42 Å². The molecule has 6 heteroatoms. The third-order valence-corrected chi connectivity index (χ3v) is 7.86. The van der Waals surface area contributed by atoms with E-state index >= 15 is 0 Å². The lowest BCUT2D eigenvalue weighted by molar-refractivity contribution is -0.137. The van der Waals surface area contributed by atoms with Crippen LogP contribution in [0.2, 0.25) is 0 Å². The number of carbonyl (C=O) groups is 1. The summed E-state index contributed by atoms with van der Waals surface area (Å²) in [7, 11) is 3.39. The highest BCUT2D eigenvalue weighted by atomic mass is 16.5. The van der Waals surface area contributed by atoms with Crippen molar-refractivity contribution in [2.45, 2.75) is 51.4 Å². The van der Waals surface area contributed by atoms with Crippen molar-refractivity contribution in [3.05, 3.63) is 65.9 Å². The minimum Gasteiger partial charge on any atom is -0.497 e. The number of carboxylic acids is 1. The van der Waals surface area contributed by atoms with Gasteiger partial charge in [0, 0.05) is 24.5 Å². The molecule has 0 spiro atoms. The first kappa shape index (κ1) is 26.9. The van der Waals surface area contributed by atoms with Crippen LogP contribution < -0.4 is 9.47 Å². The van der Waals surface area contributed by atoms with Crippen molar-refractivity contribution < 1.29 is 19.4 Å². The molecule has 0 aliphatic carbocycles. The van der Waals surface area contributed by atoms with Gasteiger partial charge in [-0.15, -0.1) is 0 Å². The van der Waals surface area contributed by atoms with E-state index in [2.05, 4.69) is 34.1 Å². The Balaban J connectivity index is 1.30. The van der Waals surface area contributed by atoms with E-state index in [0.717, 1.165) is 87.0 Å². The number of likely N-dealkylation sites (tertiary alicyclic amines) is 1. The van der Waals surface area contributed by atoms with Crippen molar-refractivity contribution in [3.8, 4) is 11.5 Å². The first-order valence-electron chi connectivity index (χ1n) is 13.5. The SMILES string of the molecule is COc1ccc(CCCN2CCC(CCCc3ccnc4ccc(OC)cc34)C(CCC(=O)O)C2)cc1. The van der Waals surface area contributed by atoms with Gasteiger partial charge >= 0.3 is 5.97 Å². The number of pyridine rings is 1. The second kappa shape index (κ2) is 13.4. The second-order valence-corrected chi connectivity index (χ2v) is 10.2. The fourth-order valence-corrected chi connectivity index (χ4v) is 5.76. The standard InChI is InChI=1S/C31H40N2O4/c1-36-27-11-8-23(9-12-27)5-4-19-33-20-17-24(26(22-33)10-15-31(34)35)6-3-7-25-16-18-32-30-14-13-28(37-2)21-29(25)30/h8-9,11-14,16,18,21,24,26H,3-7,10,15,17,19-20,22H2,1-2H3,(H,34,35). The molecule has 37 heavy (non-hydrogen) atoms. The number of carboxylic acid groups (broad SMARTS) is 1. The summed E-state index contributed by atoms with van der Waals surface area (Å²) in [6.45, 7) is 3.18. The van der Waals surface area contributed by atoms with Gasteiger partial charge in [-0.1, -0.05) is 12.1 Å². The molecule has 2 atom stereocenters. The van der Waals surface area contributed by atoms with Crippen LogP contribution in [0.25, 0.3) is 10.9 Å². The predicted molar refractivity (Wildman–Crippen MR) is 147 cm³/mol. The normalized spacial score (nSPS) is 18.1. The molecule has 1 aromatic heterocycles. The number of fused-ring (bicyclic) bond motifs is 1. The van der Waals surface area contributed by atoms with Gasteiger partial charge in [0.2, 0.25) is 0 Å². The highest BCUT2D eigenvalue weighted by Gasteiger charge is 2.29. The van der Waals surface area contributed by atoms with Gasteiger partial charge < -0.3 is 19.5 Å². The van der Waals surface area contributed by atoms with Crippen LogP contribution >= 0.6 is 0 Å². The highest BCUT2D eigenvalue weighted by molar-refractivity contribution is 5.83. The summed E-state index contributed by atoms with van der Waals surface area (Å²) >= 11 is 0. The second-order valence-electron chi connectivity index (χ2n) is 10.2. The van der Waals surface area contributed by atoms with Crippen LogP contribution in [-0.4, -0.2) is 54.8 Å². The molecule has 0 saturated carbocycles. The third kappa shape index (κ3) is 7.68. The first-order chi connectivity index (χ1) is 18.1. The van der Waals surface area contributed by atoms with Gasteiger partial charge in [0.05, 0.1) is 19.7 Å². The Morgan fingerprint density at radius 3 is 2.51 bits per heavy atom. The summed E-state index contributed by atoms with van der Waals surface area (Å²) in [4.78, 5) is 18.4. The molecule has 3 aromatic rings. The lowest BCUT2D eigenvalue weighted by atomic mass is 9.79. The van der Waals surface area contributed by atoms with E-state index in [1.165, 1.54) is 11.1 Å². The zero-order valence-corrected chi connectivity index (χ0v) is 22.2. The summed E-state index contributed by atoms with van der Waals surface area (Å²) in [6, 6.07) is 16.5. The molecule has 6 nitrogen and oxygen atoms in total. The highest BCUT2D eigenvalue weighted by Crippen LogP contribution is 2.32. The molecule has 2 unspecified atom stereocenters. The van der Waals surface area contributed by atoms with Crippen LogP contribution in [0.3, 0.4) is 0 Å². The van der Waals surface area contributed by atoms with Crippen LogP contribution in [0.5, 0.6) is 11.5 Å². The van der Waals surface area contributed by atoms with Crippen LogP contribution in [-0.2, 0) is 17.6 Å². The Labute approximate surface area is 220 Å². The fourth-order valence-electron chi connectivity index (χ4n) is 5.76. The van der Waals surface area contributed by atoms with Gasteiger partial charge in [-0.25, -0.2) is 0 Å². The number of piperidine rings is 1. The zero-order chi connectivity index (χ0) is 26.0. The topological polar surface area (TPSA) is 71.9 Å². The molecular formula is C31H40N2O4. The molecule has 2 heterocycles. The molecule has 1 saturated heterocycles. The number of nitrogens with zero attached hydrogens (tertiary/aromatic N) is 2. The molecular weight excluding hydrogens is 464 g/mol. The summed E-state index contributed by atoms with van der Waals surface area (Å²) < 4.78 is 10.7. The molecule has 198 valence electrons. The smallest absolute Gasteiger partial charge is 0.303 e. The van der Waals surface area contributed by atoms with Crippen molar-refractivity contribution >= 4 is 16.9 Å². The van der Waals surface area contributed by atoms with Crippen LogP contribution in [0.1, 0.15) is 49.7 Å². The van der Waals surface area contributed by atoms with Gasteiger partial charge in [0.25, 0.3) is 0 Å². The maximum absolute atomic E-state index is 11.3. The summed E-state index contributed by atoms with van der Waals surface area (Å²) in [5.74, 6) is 2.09. The van der Waals surface area contributed by atoms with E-state index in [9.17, 15) is 9.90 Å². The monoisotopic (exact) mass is 504 g/mol. The molecule has 0 radical (unpaired) electrons. The number of aromatic nitrogens is 1. The van der Waals surface area contributed by atoms with Gasteiger partial charge in [0.1, 0.15) is 11.5 Å². The van der Waals surface area contributed by atoms with Crippen molar-refractivity contribution in [1.82, 2.24) is 9.88 Å². The Morgan fingerprint density at radius 2 is 1.76 bits per heavy atom. The number of hydrogen-bond donors (Lipinski definition) is 1.